The van der Waals surface area contributed by atoms with E-state index in [0.29, 0.717) is 18.6 Å². The highest BCUT2D eigenvalue weighted by molar-refractivity contribution is 5.81. The first kappa shape index (κ1) is 14.2. The fourth-order valence-electron chi connectivity index (χ4n) is 1.84. The highest BCUT2D eigenvalue weighted by Crippen LogP contribution is 2.28. The molecule has 0 radical (unpaired) electrons. The Kier molecular flexibility index (Phi) is 6.22. The van der Waals surface area contributed by atoms with Crippen molar-refractivity contribution in [2.24, 2.45) is 5.41 Å². The van der Waals surface area contributed by atoms with Gasteiger partial charge in [0.1, 0.15) is 0 Å². The molecule has 0 spiro atoms. The van der Waals surface area contributed by atoms with Gasteiger partial charge in [0.15, 0.2) is 0 Å². The van der Waals surface area contributed by atoms with Gasteiger partial charge in [-0.2, -0.15) is 0 Å². The van der Waals surface area contributed by atoms with Crippen LogP contribution in [0.5, 0.6) is 0 Å². The Bertz CT molecular complexity index is 257. The quantitative estimate of drug-likeness (QED) is 0.435. The van der Waals surface area contributed by atoms with E-state index in [4.69, 9.17) is 9.47 Å². The molecule has 0 aliphatic carbocycles. The number of nitrogens with one attached hydrogen (secondary N) is 1. The summed E-state index contributed by atoms with van der Waals surface area (Å²) in [4.78, 5) is 11.0. The molecule has 1 N–H and O–H groups in total. The SMILES string of the molecule is CCOC(=O)/C=C/CNCC1(C)CCOCC1. The van der Waals surface area contributed by atoms with Crippen molar-refractivity contribution in [2.45, 2.75) is 26.7 Å². The first-order valence-corrected chi connectivity index (χ1v) is 6.28. The zero-order chi connectivity index (χ0) is 12.6. The van der Waals surface area contributed by atoms with Crippen molar-refractivity contribution in [1.29, 1.82) is 0 Å². The summed E-state index contributed by atoms with van der Waals surface area (Å²) in [6.07, 6.45) is 5.48. The van der Waals surface area contributed by atoms with Crippen molar-refractivity contribution in [2.75, 3.05) is 32.9 Å². The molecule has 17 heavy (non-hydrogen) atoms. The molecule has 4 heteroatoms. The Morgan fingerprint density at radius 3 is 2.82 bits per heavy atom. The van der Waals surface area contributed by atoms with Gasteiger partial charge in [0.2, 0.25) is 0 Å². The van der Waals surface area contributed by atoms with E-state index in [9.17, 15) is 4.79 Å². The van der Waals surface area contributed by atoms with Crippen LogP contribution in [-0.4, -0.2) is 38.9 Å². The molecular weight excluding hydrogens is 218 g/mol. The predicted octanol–water partition coefficient (Wildman–Crippen LogP) is 1.51. The van der Waals surface area contributed by atoms with E-state index in [2.05, 4.69) is 12.2 Å². The van der Waals surface area contributed by atoms with Crippen LogP contribution in [0.3, 0.4) is 0 Å². The smallest absolute Gasteiger partial charge is 0.330 e. The van der Waals surface area contributed by atoms with Gasteiger partial charge in [-0.1, -0.05) is 13.0 Å². The minimum Gasteiger partial charge on any atom is -0.463 e. The minimum atomic E-state index is -0.272. The lowest BCUT2D eigenvalue weighted by molar-refractivity contribution is -0.137. The summed E-state index contributed by atoms with van der Waals surface area (Å²) in [6, 6.07) is 0. The van der Waals surface area contributed by atoms with Gasteiger partial charge in [-0.15, -0.1) is 0 Å². The molecule has 0 aromatic carbocycles. The van der Waals surface area contributed by atoms with E-state index in [-0.39, 0.29) is 5.97 Å². The predicted molar refractivity (Wildman–Crippen MR) is 66.8 cm³/mol. The summed E-state index contributed by atoms with van der Waals surface area (Å²) in [6.45, 7) is 7.88. The van der Waals surface area contributed by atoms with Gasteiger partial charge < -0.3 is 14.8 Å². The number of hydrogen-bond donors (Lipinski definition) is 1. The van der Waals surface area contributed by atoms with Gasteiger partial charge in [0.25, 0.3) is 0 Å². The molecule has 1 heterocycles. The number of carbonyl (C=O) groups is 1. The second-order valence-electron chi connectivity index (χ2n) is 4.71. The number of carbonyl (C=O) groups excluding carboxylic acids is 1. The topological polar surface area (TPSA) is 47.6 Å². The van der Waals surface area contributed by atoms with Crippen LogP contribution < -0.4 is 5.32 Å². The second kappa shape index (κ2) is 7.45. The number of rotatable bonds is 6. The first-order chi connectivity index (χ1) is 8.16. The summed E-state index contributed by atoms with van der Waals surface area (Å²) < 4.78 is 10.1. The van der Waals surface area contributed by atoms with Gasteiger partial charge in [0.05, 0.1) is 6.61 Å². The Balaban J connectivity index is 2.12. The van der Waals surface area contributed by atoms with Crippen molar-refractivity contribution in [3.8, 4) is 0 Å². The van der Waals surface area contributed by atoms with E-state index in [1.807, 2.05) is 0 Å². The maximum Gasteiger partial charge on any atom is 0.330 e. The van der Waals surface area contributed by atoms with Crippen LogP contribution in [0.15, 0.2) is 12.2 Å². The minimum absolute atomic E-state index is 0.272. The molecule has 0 saturated carbocycles. The lowest BCUT2D eigenvalue weighted by atomic mass is 9.82. The molecule has 1 aliphatic rings. The normalized spacial score (nSPS) is 19.4. The van der Waals surface area contributed by atoms with Crippen molar-refractivity contribution in [3.05, 3.63) is 12.2 Å². The van der Waals surface area contributed by atoms with Crippen molar-refractivity contribution < 1.29 is 14.3 Å². The average molecular weight is 241 g/mol. The monoisotopic (exact) mass is 241 g/mol. The molecular formula is C13H23NO3. The second-order valence-corrected chi connectivity index (χ2v) is 4.71. The molecule has 1 rings (SSSR count). The summed E-state index contributed by atoms with van der Waals surface area (Å²) >= 11 is 0. The van der Waals surface area contributed by atoms with E-state index in [1.54, 1.807) is 13.0 Å². The van der Waals surface area contributed by atoms with E-state index < -0.39 is 0 Å². The molecule has 0 aromatic heterocycles. The Hall–Kier alpha value is -0.870. The number of esters is 1. The fourth-order valence-corrected chi connectivity index (χ4v) is 1.84. The lowest BCUT2D eigenvalue weighted by Gasteiger charge is -2.33. The standard InChI is InChI=1S/C13H23NO3/c1-3-17-12(15)5-4-8-14-11-13(2)6-9-16-10-7-13/h4-5,14H,3,6-11H2,1-2H3/b5-4+. The fraction of sp³-hybridized carbons (Fsp3) is 0.769. The van der Waals surface area contributed by atoms with Crippen LogP contribution in [0.1, 0.15) is 26.7 Å². The Labute approximate surface area is 103 Å². The summed E-state index contributed by atoms with van der Waals surface area (Å²) in [5, 5.41) is 3.34. The average Bonchev–Trinajstić information content (AvgIpc) is 2.30. The summed E-state index contributed by atoms with van der Waals surface area (Å²) in [5.74, 6) is -0.272. The summed E-state index contributed by atoms with van der Waals surface area (Å²) in [5.41, 5.74) is 0.329. The molecule has 1 aliphatic heterocycles. The Morgan fingerprint density at radius 2 is 2.18 bits per heavy atom. The van der Waals surface area contributed by atoms with Gasteiger partial charge in [-0.25, -0.2) is 4.79 Å². The van der Waals surface area contributed by atoms with Crippen LogP contribution in [0.2, 0.25) is 0 Å². The number of ether oxygens (including phenoxy) is 2. The third kappa shape index (κ3) is 5.84. The maximum absolute atomic E-state index is 11.0. The zero-order valence-corrected chi connectivity index (χ0v) is 10.8. The molecule has 0 aromatic rings. The third-order valence-corrected chi connectivity index (χ3v) is 3.05. The largest absolute Gasteiger partial charge is 0.463 e. The molecule has 0 unspecified atom stereocenters. The van der Waals surface area contributed by atoms with Crippen LogP contribution in [0.25, 0.3) is 0 Å². The van der Waals surface area contributed by atoms with E-state index in [0.717, 1.165) is 32.6 Å². The van der Waals surface area contributed by atoms with Crippen LogP contribution in [0.4, 0.5) is 0 Å². The molecule has 0 amide bonds. The first-order valence-electron chi connectivity index (χ1n) is 6.28. The number of hydrogen-bond acceptors (Lipinski definition) is 4. The van der Waals surface area contributed by atoms with Crippen LogP contribution >= 0.6 is 0 Å². The Morgan fingerprint density at radius 1 is 1.47 bits per heavy atom. The van der Waals surface area contributed by atoms with Gasteiger partial charge in [0, 0.05) is 32.4 Å². The van der Waals surface area contributed by atoms with Crippen molar-refractivity contribution in [3.63, 3.8) is 0 Å². The van der Waals surface area contributed by atoms with Crippen LogP contribution in [-0.2, 0) is 14.3 Å². The summed E-state index contributed by atoms with van der Waals surface area (Å²) in [7, 11) is 0. The van der Waals surface area contributed by atoms with E-state index >= 15 is 0 Å². The zero-order valence-electron chi connectivity index (χ0n) is 10.8. The highest BCUT2D eigenvalue weighted by Gasteiger charge is 2.26. The molecule has 0 bridgehead atoms. The van der Waals surface area contributed by atoms with Crippen LogP contribution in [0, 0.1) is 5.41 Å². The van der Waals surface area contributed by atoms with Gasteiger partial charge >= 0.3 is 5.97 Å². The van der Waals surface area contributed by atoms with Crippen molar-refractivity contribution >= 4 is 5.97 Å². The molecule has 98 valence electrons. The van der Waals surface area contributed by atoms with Gasteiger partial charge in [-0.05, 0) is 25.2 Å². The van der Waals surface area contributed by atoms with Gasteiger partial charge in [-0.3, -0.25) is 0 Å². The van der Waals surface area contributed by atoms with Crippen molar-refractivity contribution in [1.82, 2.24) is 5.32 Å². The lowest BCUT2D eigenvalue weighted by Crippen LogP contribution is -2.36. The third-order valence-electron chi connectivity index (χ3n) is 3.05. The molecule has 0 atom stereocenters. The maximum atomic E-state index is 11.0. The van der Waals surface area contributed by atoms with E-state index in [1.165, 1.54) is 6.08 Å². The molecule has 1 fully saturated rings. The highest BCUT2D eigenvalue weighted by atomic mass is 16.5. The molecule has 1 saturated heterocycles. The molecule has 4 nitrogen and oxygen atoms in total.